The normalized spacial score (nSPS) is 10.8. The summed E-state index contributed by atoms with van der Waals surface area (Å²) in [7, 11) is 1.84. The average Bonchev–Trinajstić information content (AvgIpc) is 3.17. The Balaban J connectivity index is 1.49. The lowest BCUT2D eigenvalue weighted by atomic mass is 10.1. The van der Waals surface area contributed by atoms with Crippen LogP contribution in [-0.2, 0) is 7.05 Å². The molecule has 1 N–H and O–H groups in total. The van der Waals surface area contributed by atoms with Crippen LogP contribution in [0.2, 0.25) is 0 Å². The van der Waals surface area contributed by atoms with Crippen LogP contribution in [0.5, 0.6) is 5.75 Å². The van der Waals surface area contributed by atoms with Crippen molar-refractivity contribution in [1.29, 1.82) is 0 Å². The van der Waals surface area contributed by atoms with Crippen LogP contribution in [0.1, 0.15) is 24.3 Å². The summed E-state index contributed by atoms with van der Waals surface area (Å²) < 4.78 is 7.42. The van der Waals surface area contributed by atoms with E-state index in [4.69, 9.17) is 4.74 Å². The predicted molar refractivity (Wildman–Crippen MR) is 120 cm³/mol. The monoisotopic (exact) mass is 413 g/mol. The highest BCUT2D eigenvalue weighted by Crippen LogP contribution is 2.23. The maximum Gasteiger partial charge on any atom is 0.272 e. The van der Waals surface area contributed by atoms with Crippen molar-refractivity contribution in [1.82, 2.24) is 19.5 Å². The van der Waals surface area contributed by atoms with Gasteiger partial charge in [0.05, 0.1) is 6.10 Å². The quantitative estimate of drug-likeness (QED) is 0.500. The first-order valence-corrected chi connectivity index (χ1v) is 9.97. The van der Waals surface area contributed by atoms with Gasteiger partial charge < -0.3 is 14.6 Å². The summed E-state index contributed by atoms with van der Waals surface area (Å²) in [4.78, 5) is 25.7. The number of aromatic nitrogens is 4. The Kier molecular flexibility index (Phi) is 5.75. The number of amides is 1. The third-order valence-electron chi connectivity index (χ3n) is 4.63. The van der Waals surface area contributed by atoms with Gasteiger partial charge in [-0.3, -0.25) is 9.78 Å². The lowest BCUT2D eigenvalue weighted by Crippen LogP contribution is -2.15. The van der Waals surface area contributed by atoms with E-state index in [1.807, 2.05) is 69.6 Å². The number of nitrogens with one attached hydrogen (secondary N) is 1. The third-order valence-corrected chi connectivity index (χ3v) is 4.63. The molecule has 7 nitrogen and oxygen atoms in total. The minimum atomic E-state index is -0.195. The molecule has 0 bridgehead atoms. The number of benzene rings is 1. The molecule has 0 fully saturated rings. The van der Waals surface area contributed by atoms with Crippen molar-refractivity contribution in [3.05, 3.63) is 79.1 Å². The first kappa shape index (κ1) is 20.3. The molecule has 1 amide bonds. The summed E-state index contributed by atoms with van der Waals surface area (Å²) in [5, 5.41) is 2.92. The summed E-state index contributed by atoms with van der Waals surface area (Å²) in [6.45, 7) is 3.94. The van der Waals surface area contributed by atoms with E-state index in [-0.39, 0.29) is 12.0 Å². The fourth-order valence-electron chi connectivity index (χ4n) is 3.15. The Labute approximate surface area is 180 Å². The Bertz CT molecular complexity index is 1170. The number of anilines is 1. The second kappa shape index (κ2) is 8.79. The van der Waals surface area contributed by atoms with Gasteiger partial charge in [0.15, 0.2) is 5.82 Å². The highest BCUT2D eigenvalue weighted by molar-refractivity contribution is 6.04. The molecule has 156 valence electrons. The molecule has 31 heavy (non-hydrogen) atoms. The first-order chi connectivity index (χ1) is 15.0. The summed E-state index contributed by atoms with van der Waals surface area (Å²) in [6.07, 6.45) is 8.92. The molecule has 3 heterocycles. The maximum absolute atomic E-state index is 12.8. The molecule has 0 saturated heterocycles. The van der Waals surface area contributed by atoms with E-state index >= 15 is 0 Å². The van der Waals surface area contributed by atoms with Crippen molar-refractivity contribution in [2.45, 2.75) is 20.0 Å². The fraction of sp³-hybridized carbons (Fsp3) is 0.167. The molecule has 0 aliphatic heterocycles. The molecule has 0 unspecified atom stereocenters. The molecule has 0 aliphatic rings. The van der Waals surface area contributed by atoms with Crippen LogP contribution >= 0.6 is 0 Å². The van der Waals surface area contributed by atoms with Crippen molar-refractivity contribution < 1.29 is 9.53 Å². The van der Waals surface area contributed by atoms with E-state index in [1.165, 1.54) is 0 Å². The largest absolute Gasteiger partial charge is 0.491 e. The van der Waals surface area contributed by atoms with Gasteiger partial charge in [0.2, 0.25) is 0 Å². The summed E-state index contributed by atoms with van der Waals surface area (Å²) in [5.41, 5.74) is 3.79. The molecule has 3 aromatic heterocycles. The highest BCUT2D eigenvalue weighted by Gasteiger charge is 2.14. The topological polar surface area (TPSA) is 81.9 Å². The molecular formula is C24H23N5O2. The van der Waals surface area contributed by atoms with Crippen molar-refractivity contribution in [3.8, 4) is 28.3 Å². The van der Waals surface area contributed by atoms with Crippen LogP contribution in [0.15, 0.2) is 73.4 Å². The minimum absolute atomic E-state index is 0.102. The van der Waals surface area contributed by atoms with Crippen LogP contribution < -0.4 is 10.1 Å². The lowest BCUT2D eigenvalue weighted by Gasteiger charge is -2.10. The second-order valence-corrected chi connectivity index (χ2v) is 7.41. The predicted octanol–water partition coefficient (Wildman–Crippen LogP) is 4.58. The number of hydrogen-bond acceptors (Lipinski definition) is 5. The molecule has 7 heteroatoms. The fourth-order valence-corrected chi connectivity index (χ4v) is 3.15. The second-order valence-electron chi connectivity index (χ2n) is 7.41. The number of hydrogen-bond donors (Lipinski definition) is 1. The van der Waals surface area contributed by atoms with Gasteiger partial charge in [0.1, 0.15) is 11.4 Å². The van der Waals surface area contributed by atoms with Gasteiger partial charge in [-0.2, -0.15) is 0 Å². The Morgan fingerprint density at radius 2 is 1.74 bits per heavy atom. The number of nitrogens with zero attached hydrogens (tertiary/aromatic N) is 4. The number of ether oxygens (including phenoxy) is 1. The van der Waals surface area contributed by atoms with Crippen molar-refractivity contribution in [2.75, 3.05) is 5.32 Å². The smallest absolute Gasteiger partial charge is 0.272 e. The van der Waals surface area contributed by atoms with Gasteiger partial charge in [0, 0.05) is 60.4 Å². The van der Waals surface area contributed by atoms with Crippen LogP contribution in [-0.4, -0.2) is 31.5 Å². The van der Waals surface area contributed by atoms with Crippen LogP contribution in [0, 0.1) is 0 Å². The van der Waals surface area contributed by atoms with Gasteiger partial charge in [-0.15, -0.1) is 0 Å². The number of carbonyl (C=O) groups excluding carboxylic acids is 1. The zero-order valence-corrected chi connectivity index (χ0v) is 17.6. The van der Waals surface area contributed by atoms with Gasteiger partial charge in [0.25, 0.3) is 5.91 Å². The summed E-state index contributed by atoms with van der Waals surface area (Å²) in [6, 6.07) is 12.9. The summed E-state index contributed by atoms with van der Waals surface area (Å²) in [5.74, 6) is 1.18. The van der Waals surface area contributed by atoms with E-state index in [0.29, 0.717) is 17.2 Å². The Morgan fingerprint density at radius 3 is 2.39 bits per heavy atom. The molecule has 0 saturated carbocycles. The zero-order valence-electron chi connectivity index (χ0n) is 17.6. The molecule has 0 spiro atoms. The van der Waals surface area contributed by atoms with E-state index in [1.54, 1.807) is 29.4 Å². The highest BCUT2D eigenvalue weighted by atomic mass is 16.5. The van der Waals surface area contributed by atoms with Gasteiger partial charge >= 0.3 is 0 Å². The molecular weight excluding hydrogens is 390 g/mol. The standard InChI is InChI=1S/C24H23N5O2/c1-16(2)31-21-8-6-20(7-9-21)28-24(30)22-11-18(15-29(22)3)19-13-26-23(27-14-19)17-5-4-10-25-12-17/h4-16H,1-3H3,(H,28,30). The minimum Gasteiger partial charge on any atom is -0.491 e. The number of pyridine rings is 1. The number of aryl methyl sites for hydroxylation is 1. The van der Waals surface area contributed by atoms with Crippen molar-refractivity contribution in [2.24, 2.45) is 7.05 Å². The van der Waals surface area contributed by atoms with E-state index in [2.05, 4.69) is 20.3 Å². The molecule has 1 aromatic carbocycles. The molecule has 0 radical (unpaired) electrons. The molecule has 4 rings (SSSR count). The van der Waals surface area contributed by atoms with Crippen LogP contribution in [0.4, 0.5) is 5.69 Å². The molecule has 4 aromatic rings. The SMILES string of the molecule is CC(C)Oc1ccc(NC(=O)c2cc(-c3cnc(-c4cccnc4)nc3)cn2C)cc1. The van der Waals surface area contributed by atoms with Crippen LogP contribution in [0.25, 0.3) is 22.5 Å². The zero-order chi connectivity index (χ0) is 21.8. The van der Waals surface area contributed by atoms with Crippen LogP contribution in [0.3, 0.4) is 0 Å². The third kappa shape index (κ3) is 4.78. The Hall–Kier alpha value is -4.00. The van der Waals surface area contributed by atoms with E-state index in [0.717, 1.165) is 22.4 Å². The van der Waals surface area contributed by atoms with Gasteiger partial charge in [-0.25, -0.2) is 9.97 Å². The number of rotatable bonds is 6. The lowest BCUT2D eigenvalue weighted by molar-refractivity contribution is 0.101. The van der Waals surface area contributed by atoms with Gasteiger partial charge in [-0.1, -0.05) is 0 Å². The van der Waals surface area contributed by atoms with Crippen molar-refractivity contribution in [3.63, 3.8) is 0 Å². The summed E-state index contributed by atoms with van der Waals surface area (Å²) >= 11 is 0. The van der Waals surface area contributed by atoms with Gasteiger partial charge in [-0.05, 0) is 56.3 Å². The Morgan fingerprint density at radius 1 is 1.00 bits per heavy atom. The maximum atomic E-state index is 12.8. The number of carbonyl (C=O) groups is 1. The average molecular weight is 413 g/mol. The first-order valence-electron chi connectivity index (χ1n) is 9.97. The molecule has 0 atom stereocenters. The molecule has 0 aliphatic carbocycles. The van der Waals surface area contributed by atoms with E-state index < -0.39 is 0 Å². The van der Waals surface area contributed by atoms with Crippen molar-refractivity contribution >= 4 is 11.6 Å². The van der Waals surface area contributed by atoms with E-state index in [9.17, 15) is 4.79 Å².